The van der Waals surface area contributed by atoms with E-state index in [1.165, 1.54) is 6.21 Å². The molecule has 0 aliphatic heterocycles. The Balaban J connectivity index is 2.04. The minimum Gasteiger partial charge on any atom is -0.490 e. The highest BCUT2D eigenvalue weighted by Crippen LogP contribution is 2.36. The molecule has 9 nitrogen and oxygen atoms in total. The Hall–Kier alpha value is -3.40. The maximum Gasteiger partial charge on any atom is 0.329 e. The second kappa shape index (κ2) is 12.5. The molecule has 0 aliphatic carbocycles. The number of nitrogens with zero attached hydrogens (tertiary/aromatic N) is 1. The van der Waals surface area contributed by atoms with Crippen LogP contribution in [0.4, 0.5) is 5.69 Å². The topological polar surface area (TPSA) is 118 Å². The molecule has 3 amide bonds. The number of carbonyl (C=O) groups is 3. The van der Waals surface area contributed by atoms with E-state index in [9.17, 15) is 14.4 Å². The van der Waals surface area contributed by atoms with E-state index < -0.39 is 11.8 Å². The SMILES string of the molecule is CCOc1cc(/C=N\NC(=O)C(=O)NC(C)C)cc(Br)c1OCC(=O)Nc1ccccc1. The number of rotatable bonds is 9. The predicted molar refractivity (Wildman–Crippen MR) is 125 cm³/mol. The molecular formula is C22H25BrN4O5. The Kier molecular flexibility index (Phi) is 9.68. The van der Waals surface area contributed by atoms with Gasteiger partial charge in [-0.1, -0.05) is 18.2 Å². The van der Waals surface area contributed by atoms with E-state index in [-0.39, 0.29) is 18.6 Å². The fourth-order valence-corrected chi connectivity index (χ4v) is 3.04. The predicted octanol–water partition coefficient (Wildman–Crippen LogP) is 2.84. The summed E-state index contributed by atoms with van der Waals surface area (Å²) in [4.78, 5) is 35.5. The largest absolute Gasteiger partial charge is 0.490 e. The van der Waals surface area contributed by atoms with Crippen molar-refractivity contribution in [3.05, 3.63) is 52.5 Å². The minimum absolute atomic E-state index is 0.163. The van der Waals surface area contributed by atoms with E-state index in [4.69, 9.17) is 9.47 Å². The average molecular weight is 505 g/mol. The summed E-state index contributed by atoms with van der Waals surface area (Å²) in [6, 6.07) is 12.2. The van der Waals surface area contributed by atoms with Gasteiger partial charge in [-0.05, 0) is 66.5 Å². The lowest BCUT2D eigenvalue weighted by molar-refractivity contribution is -0.139. The molecule has 0 spiro atoms. The first-order valence-corrected chi connectivity index (χ1v) is 10.7. The molecule has 3 N–H and O–H groups in total. The Bertz CT molecular complexity index is 980. The highest BCUT2D eigenvalue weighted by Gasteiger charge is 2.15. The van der Waals surface area contributed by atoms with Crippen molar-refractivity contribution in [2.45, 2.75) is 26.8 Å². The molecule has 32 heavy (non-hydrogen) atoms. The fourth-order valence-electron chi connectivity index (χ4n) is 2.47. The van der Waals surface area contributed by atoms with Crippen molar-refractivity contribution in [1.82, 2.24) is 10.7 Å². The summed E-state index contributed by atoms with van der Waals surface area (Å²) in [5.41, 5.74) is 3.41. The molecule has 0 radical (unpaired) electrons. The number of hydrogen-bond donors (Lipinski definition) is 3. The van der Waals surface area contributed by atoms with Crippen molar-refractivity contribution in [3.63, 3.8) is 0 Å². The molecule has 2 aromatic rings. The monoisotopic (exact) mass is 504 g/mol. The van der Waals surface area contributed by atoms with E-state index >= 15 is 0 Å². The number of hydrogen-bond acceptors (Lipinski definition) is 6. The minimum atomic E-state index is -0.872. The molecular weight excluding hydrogens is 480 g/mol. The zero-order valence-corrected chi connectivity index (χ0v) is 19.6. The number of ether oxygens (including phenoxy) is 2. The zero-order chi connectivity index (χ0) is 23.5. The second-order valence-corrected chi connectivity index (χ2v) is 7.65. The van der Waals surface area contributed by atoms with Crippen LogP contribution in [0.5, 0.6) is 11.5 Å². The Morgan fingerprint density at radius 1 is 1.09 bits per heavy atom. The molecule has 0 aromatic heterocycles. The van der Waals surface area contributed by atoms with Gasteiger partial charge in [0.25, 0.3) is 5.91 Å². The molecule has 0 saturated carbocycles. The highest BCUT2D eigenvalue weighted by molar-refractivity contribution is 9.10. The molecule has 0 fully saturated rings. The molecule has 0 aliphatic rings. The maximum atomic E-state index is 12.2. The third-order valence-corrected chi connectivity index (χ3v) is 4.33. The molecule has 0 heterocycles. The summed E-state index contributed by atoms with van der Waals surface area (Å²) in [6.45, 7) is 5.45. The first kappa shape index (κ1) is 24.9. The molecule has 170 valence electrons. The Morgan fingerprint density at radius 3 is 2.47 bits per heavy atom. The summed E-state index contributed by atoms with van der Waals surface area (Å²) in [5, 5.41) is 9.01. The first-order chi connectivity index (χ1) is 15.3. The van der Waals surface area contributed by atoms with Gasteiger partial charge in [0.1, 0.15) is 0 Å². The summed E-state index contributed by atoms with van der Waals surface area (Å²) < 4.78 is 11.8. The van der Waals surface area contributed by atoms with Crippen molar-refractivity contribution >= 4 is 45.6 Å². The van der Waals surface area contributed by atoms with Crippen molar-refractivity contribution in [1.29, 1.82) is 0 Å². The van der Waals surface area contributed by atoms with Crippen LogP contribution in [-0.4, -0.2) is 43.2 Å². The summed E-state index contributed by atoms with van der Waals surface area (Å²) in [6.07, 6.45) is 1.36. The number of anilines is 1. The second-order valence-electron chi connectivity index (χ2n) is 6.79. The molecule has 0 unspecified atom stereocenters. The van der Waals surface area contributed by atoms with Gasteiger partial charge in [0, 0.05) is 11.7 Å². The zero-order valence-electron chi connectivity index (χ0n) is 18.0. The number of nitrogens with one attached hydrogen (secondary N) is 3. The van der Waals surface area contributed by atoms with Crippen LogP contribution in [0.25, 0.3) is 0 Å². The lowest BCUT2D eigenvalue weighted by Crippen LogP contribution is -2.41. The van der Waals surface area contributed by atoms with Crippen LogP contribution in [0.3, 0.4) is 0 Å². The van der Waals surface area contributed by atoms with Gasteiger partial charge in [-0.2, -0.15) is 5.10 Å². The number of benzene rings is 2. The molecule has 10 heteroatoms. The fraction of sp³-hybridized carbons (Fsp3) is 0.273. The number of carbonyl (C=O) groups excluding carboxylic acids is 3. The molecule has 2 rings (SSSR count). The van der Waals surface area contributed by atoms with Gasteiger partial charge in [-0.15, -0.1) is 0 Å². The Morgan fingerprint density at radius 2 is 1.81 bits per heavy atom. The van der Waals surface area contributed by atoms with Crippen LogP contribution in [0.15, 0.2) is 52.0 Å². The van der Waals surface area contributed by atoms with Crippen molar-refractivity contribution in [2.24, 2.45) is 5.10 Å². The van der Waals surface area contributed by atoms with Crippen LogP contribution in [-0.2, 0) is 14.4 Å². The average Bonchev–Trinajstić information content (AvgIpc) is 2.73. The van der Waals surface area contributed by atoms with E-state index in [1.807, 2.05) is 25.1 Å². The summed E-state index contributed by atoms with van der Waals surface area (Å²) in [5.74, 6) is -1.22. The molecule has 2 aromatic carbocycles. The van der Waals surface area contributed by atoms with Gasteiger partial charge >= 0.3 is 11.8 Å². The van der Waals surface area contributed by atoms with Gasteiger partial charge in [-0.25, -0.2) is 5.43 Å². The van der Waals surface area contributed by atoms with Gasteiger partial charge < -0.3 is 20.1 Å². The molecule has 0 bridgehead atoms. The first-order valence-electron chi connectivity index (χ1n) is 9.88. The van der Waals surface area contributed by atoms with Crippen LogP contribution in [0.2, 0.25) is 0 Å². The number of hydrazone groups is 1. The number of halogens is 1. The Labute approximate surface area is 194 Å². The van der Waals surface area contributed by atoms with E-state index in [1.54, 1.807) is 38.1 Å². The van der Waals surface area contributed by atoms with Crippen LogP contribution < -0.4 is 25.5 Å². The number of para-hydroxylation sites is 1. The maximum absolute atomic E-state index is 12.2. The van der Waals surface area contributed by atoms with E-state index in [0.29, 0.717) is 33.8 Å². The van der Waals surface area contributed by atoms with Gasteiger partial charge in [-0.3, -0.25) is 14.4 Å². The highest BCUT2D eigenvalue weighted by atomic mass is 79.9. The van der Waals surface area contributed by atoms with Crippen molar-refractivity contribution in [2.75, 3.05) is 18.5 Å². The van der Waals surface area contributed by atoms with Gasteiger partial charge in [0.15, 0.2) is 18.1 Å². The van der Waals surface area contributed by atoms with Crippen molar-refractivity contribution in [3.8, 4) is 11.5 Å². The van der Waals surface area contributed by atoms with E-state index in [0.717, 1.165) is 0 Å². The normalized spacial score (nSPS) is 10.7. The standard InChI is InChI=1S/C22H25BrN4O5/c1-4-31-18-11-15(12-24-27-22(30)21(29)25-14(2)3)10-17(23)20(18)32-13-19(28)26-16-8-6-5-7-9-16/h5-12,14H,4,13H2,1-3H3,(H,25,29)(H,26,28)(H,27,30)/b24-12-. The van der Waals surface area contributed by atoms with Crippen LogP contribution >= 0.6 is 15.9 Å². The van der Waals surface area contributed by atoms with Gasteiger partial charge in [0.2, 0.25) is 0 Å². The molecule has 0 saturated heterocycles. The van der Waals surface area contributed by atoms with Gasteiger partial charge in [0.05, 0.1) is 17.3 Å². The quantitative estimate of drug-likeness (QED) is 0.275. The van der Waals surface area contributed by atoms with E-state index in [2.05, 4.69) is 37.1 Å². The summed E-state index contributed by atoms with van der Waals surface area (Å²) >= 11 is 3.41. The lowest BCUT2D eigenvalue weighted by Gasteiger charge is -2.14. The third kappa shape index (κ3) is 8.03. The number of amides is 3. The summed E-state index contributed by atoms with van der Waals surface area (Å²) in [7, 11) is 0. The molecule has 0 atom stereocenters. The van der Waals surface area contributed by atoms with Crippen molar-refractivity contribution < 1.29 is 23.9 Å². The smallest absolute Gasteiger partial charge is 0.329 e. The van der Waals surface area contributed by atoms with Crippen LogP contribution in [0, 0.1) is 0 Å². The lowest BCUT2D eigenvalue weighted by atomic mass is 10.2. The third-order valence-electron chi connectivity index (χ3n) is 3.74. The van der Waals surface area contributed by atoms with Crippen LogP contribution in [0.1, 0.15) is 26.3 Å².